The lowest BCUT2D eigenvalue weighted by atomic mass is 10.1. The molecule has 1 fully saturated rings. The molecular weight excluding hydrogens is 256 g/mol. The molecule has 98 valence electrons. The number of halogens is 1. The van der Waals surface area contributed by atoms with Gasteiger partial charge in [-0.1, -0.05) is 11.6 Å². The first kappa shape index (κ1) is 13.0. The first-order valence-electron chi connectivity index (χ1n) is 5.71. The highest BCUT2D eigenvalue weighted by atomic mass is 35.5. The summed E-state index contributed by atoms with van der Waals surface area (Å²) in [7, 11) is 0. The maximum Gasteiger partial charge on any atom is 0.252 e. The zero-order chi connectivity index (χ0) is 13.1. The molecule has 1 aliphatic heterocycles. The smallest absolute Gasteiger partial charge is 0.252 e. The molecule has 1 atom stereocenters. The molecule has 0 bridgehead atoms. The number of nitrogen functional groups attached to an aromatic ring is 1. The number of anilines is 1. The highest BCUT2D eigenvalue weighted by Gasteiger charge is 2.19. The van der Waals surface area contributed by atoms with Gasteiger partial charge in [0.05, 0.1) is 16.7 Å². The molecule has 0 saturated carbocycles. The van der Waals surface area contributed by atoms with Crippen molar-refractivity contribution < 1.29 is 14.3 Å². The fourth-order valence-corrected chi connectivity index (χ4v) is 2.18. The minimum Gasteiger partial charge on any atom is -0.488 e. The largest absolute Gasteiger partial charge is 0.488 e. The van der Waals surface area contributed by atoms with Crippen LogP contribution >= 0.6 is 11.6 Å². The van der Waals surface area contributed by atoms with Gasteiger partial charge in [-0.15, -0.1) is 0 Å². The van der Waals surface area contributed by atoms with E-state index in [0.29, 0.717) is 12.3 Å². The molecular formula is C12H15ClN2O3. The number of amides is 1. The normalized spacial score (nSPS) is 18.8. The number of rotatable bonds is 4. The van der Waals surface area contributed by atoms with Crippen molar-refractivity contribution in [3.8, 4) is 5.75 Å². The summed E-state index contributed by atoms with van der Waals surface area (Å²) in [5.74, 6) is -0.347. The number of ether oxygens (including phenoxy) is 2. The summed E-state index contributed by atoms with van der Waals surface area (Å²) in [5.41, 5.74) is 11.4. The van der Waals surface area contributed by atoms with E-state index in [1.165, 1.54) is 12.1 Å². The number of carbonyl (C=O) groups excluding carboxylic acids is 1. The van der Waals surface area contributed by atoms with Crippen LogP contribution in [0.1, 0.15) is 23.2 Å². The second-order valence-electron chi connectivity index (χ2n) is 4.19. The second-order valence-corrected chi connectivity index (χ2v) is 4.60. The number of carbonyl (C=O) groups is 1. The van der Waals surface area contributed by atoms with Crippen molar-refractivity contribution in [2.75, 3.05) is 18.9 Å². The van der Waals surface area contributed by atoms with E-state index in [1.807, 2.05) is 0 Å². The van der Waals surface area contributed by atoms with E-state index in [4.69, 9.17) is 32.5 Å². The molecule has 18 heavy (non-hydrogen) atoms. The Balaban J connectivity index is 2.17. The summed E-state index contributed by atoms with van der Waals surface area (Å²) in [6, 6.07) is 2.98. The lowest BCUT2D eigenvalue weighted by Gasteiger charge is -2.15. The Hall–Kier alpha value is -1.46. The van der Waals surface area contributed by atoms with Crippen LogP contribution in [0, 0.1) is 0 Å². The predicted molar refractivity (Wildman–Crippen MR) is 68.9 cm³/mol. The van der Waals surface area contributed by atoms with Crippen molar-refractivity contribution >= 4 is 23.2 Å². The molecule has 0 aromatic heterocycles. The summed E-state index contributed by atoms with van der Waals surface area (Å²) in [6.07, 6.45) is 2.00. The second kappa shape index (κ2) is 5.46. The van der Waals surface area contributed by atoms with Crippen LogP contribution in [0.5, 0.6) is 5.75 Å². The quantitative estimate of drug-likeness (QED) is 0.813. The summed E-state index contributed by atoms with van der Waals surface area (Å²) >= 11 is 6.01. The summed E-state index contributed by atoms with van der Waals surface area (Å²) in [4.78, 5) is 11.3. The molecule has 4 N–H and O–H groups in total. The SMILES string of the molecule is NC(=O)c1cc(N)cc(Cl)c1OCC1CCCO1. The van der Waals surface area contributed by atoms with Gasteiger partial charge in [0.2, 0.25) is 0 Å². The number of nitrogens with two attached hydrogens (primary N) is 2. The first-order valence-corrected chi connectivity index (χ1v) is 6.09. The van der Waals surface area contributed by atoms with Crippen molar-refractivity contribution in [2.24, 2.45) is 5.73 Å². The standard InChI is InChI=1S/C12H15ClN2O3/c13-10-5-7(14)4-9(12(15)16)11(10)18-6-8-2-1-3-17-8/h4-5,8H,1-3,6,14H2,(H2,15,16). The molecule has 0 radical (unpaired) electrons. The highest BCUT2D eigenvalue weighted by molar-refractivity contribution is 6.33. The maximum atomic E-state index is 11.3. The monoisotopic (exact) mass is 270 g/mol. The zero-order valence-corrected chi connectivity index (χ0v) is 10.6. The van der Waals surface area contributed by atoms with Gasteiger partial charge in [-0.2, -0.15) is 0 Å². The van der Waals surface area contributed by atoms with E-state index in [0.717, 1.165) is 19.4 Å². The number of hydrogen-bond donors (Lipinski definition) is 2. The van der Waals surface area contributed by atoms with Gasteiger partial charge in [0.25, 0.3) is 5.91 Å². The number of benzene rings is 1. The van der Waals surface area contributed by atoms with E-state index >= 15 is 0 Å². The van der Waals surface area contributed by atoms with Crippen LogP contribution in [0.2, 0.25) is 5.02 Å². The van der Waals surface area contributed by atoms with Gasteiger partial charge in [-0.25, -0.2) is 0 Å². The average molecular weight is 271 g/mol. The Morgan fingerprint density at radius 2 is 2.33 bits per heavy atom. The lowest BCUT2D eigenvalue weighted by Crippen LogP contribution is -2.19. The van der Waals surface area contributed by atoms with Crippen LogP contribution in [0.3, 0.4) is 0 Å². The van der Waals surface area contributed by atoms with Gasteiger partial charge in [0, 0.05) is 12.3 Å². The van der Waals surface area contributed by atoms with Crippen molar-refractivity contribution in [3.63, 3.8) is 0 Å². The molecule has 1 heterocycles. The van der Waals surface area contributed by atoms with Crippen LogP contribution in [-0.2, 0) is 4.74 Å². The van der Waals surface area contributed by atoms with Crippen LogP contribution in [0.25, 0.3) is 0 Å². The molecule has 5 nitrogen and oxygen atoms in total. The topological polar surface area (TPSA) is 87.6 Å². The minimum absolute atomic E-state index is 0.0411. The van der Waals surface area contributed by atoms with Crippen LogP contribution in [0.4, 0.5) is 5.69 Å². The first-order chi connectivity index (χ1) is 8.58. The Kier molecular flexibility index (Phi) is 3.93. The highest BCUT2D eigenvalue weighted by Crippen LogP contribution is 2.32. The number of hydrogen-bond acceptors (Lipinski definition) is 4. The zero-order valence-electron chi connectivity index (χ0n) is 9.82. The van der Waals surface area contributed by atoms with Gasteiger partial charge in [0.1, 0.15) is 6.61 Å². The molecule has 2 rings (SSSR count). The van der Waals surface area contributed by atoms with E-state index in [9.17, 15) is 4.79 Å². The molecule has 1 amide bonds. The van der Waals surface area contributed by atoms with E-state index < -0.39 is 5.91 Å². The van der Waals surface area contributed by atoms with Crippen molar-refractivity contribution in [3.05, 3.63) is 22.7 Å². The van der Waals surface area contributed by atoms with Crippen LogP contribution < -0.4 is 16.2 Å². The van der Waals surface area contributed by atoms with Gasteiger partial charge < -0.3 is 20.9 Å². The predicted octanol–water partition coefficient (Wildman–Crippen LogP) is 1.58. The Morgan fingerprint density at radius 1 is 1.56 bits per heavy atom. The Morgan fingerprint density at radius 3 is 2.94 bits per heavy atom. The summed E-state index contributed by atoms with van der Waals surface area (Å²) < 4.78 is 11.0. The van der Waals surface area contributed by atoms with Gasteiger partial charge >= 0.3 is 0 Å². The number of primary amides is 1. The van der Waals surface area contributed by atoms with Crippen LogP contribution in [-0.4, -0.2) is 25.2 Å². The maximum absolute atomic E-state index is 11.3. The van der Waals surface area contributed by atoms with Crippen molar-refractivity contribution in [2.45, 2.75) is 18.9 Å². The van der Waals surface area contributed by atoms with E-state index in [-0.39, 0.29) is 22.4 Å². The van der Waals surface area contributed by atoms with E-state index in [1.54, 1.807) is 0 Å². The van der Waals surface area contributed by atoms with Crippen molar-refractivity contribution in [1.82, 2.24) is 0 Å². The molecule has 6 heteroatoms. The third-order valence-corrected chi connectivity index (χ3v) is 3.05. The average Bonchev–Trinajstić information content (AvgIpc) is 2.79. The van der Waals surface area contributed by atoms with Gasteiger partial charge in [-0.3, -0.25) is 4.79 Å². The fraction of sp³-hybridized carbons (Fsp3) is 0.417. The molecule has 0 aliphatic carbocycles. The molecule has 1 aromatic carbocycles. The molecule has 1 aromatic rings. The van der Waals surface area contributed by atoms with Crippen molar-refractivity contribution in [1.29, 1.82) is 0 Å². The van der Waals surface area contributed by atoms with Gasteiger partial charge in [0.15, 0.2) is 5.75 Å². The molecule has 1 unspecified atom stereocenters. The van der Waals surface area contributed by atoms with Gasteiger partial charge in [-0.05, 0) is 25.0 Å². The lowest BCUT2D eigenvalue weighted by molar-refractivity contribution is 0.0672. The fourth-order valence-electron chi connectivity index (χ4n) is 1.90. The minimum atomic E-state index is -0.619. The van der Waals surface area contributed by atoms with E-state index in [2.05, 4.69) is 0 Å². The molecule has 1 aliphatic rings. The third-order valence-electron chi connectivity index (χ3n) is 2.77. The van der Waals surface area contributed by atoms with Crippen LogP contribution in [0.15, 0.2) is 12.1 Å². The summed E-state index contributed by atoms with van der Waals surface area (Å²) in [5, 5.41) is 0.279. The summed E-state index contributed by atoms with van der Waals surface area (Å²) in [6.45, 7) is 1.09. The molecule has 1 saturated heterocycles. The molecule has 0 spiro atoms. The Bertz CT molecular complexity index is 459. The Labute approximate surface area is 110 Å². The third kappa shape index (κ3) is 2.86.